The smallest absolute Gasteiger partial charge is 0.326 e. The van der Waals surface area contributed by atoms with Crippen LogP contribution in [0.3, 0.4) is 0 Å². The van der Waals surface area contributed by atoms with Gasteiger partial charge in [-0.15, -0.1) is 0 Å². The lowest BCUT2D eigenvalue weighted by atomic mass is 10.0. The highest BCUT2D eigenvalue weighted by Crippen LogP contribution is 2.12. The highest BCUT2D eigenvalue weighted by atomic mass is 16.4. The first-order valence-corrected chi connectivity index (χ1v) is 9.10. The number of carbonyl (C=O) groups is 4. The Balaban J connectivity index is 2.98. The molecule has 7 N–H and O–H groups in total. The van der Waals surface area contributed by atoms with E-state index < -0.39 is 48.3 Å². The number of hydrogen-bond donors (Lipinski definition) is 6. The zero-order valence-electron chi connectivity index (χ0n) is 16.3. The monoisotopic (exact) mass is 409 g/mol. The van der Waals surface area contributed by atoms with Crippen molar-refractivity contribution in [3.63, 3.8) is 0 Å². The molecule has 29 heavy (non-hydrogen) atoms. The van der Waals surface area contributed by atoms with Gasteiger partial charge in [0.05, 0.1) is 6.04 Å². The SMILES string of the molecule is CC(C)[C@H](N)C(=O)N[C@@H](Cc1ccc(O)cc1)C(=O)N[C@@H](CCC(=O)O)C(=O)O. The molecule has 0 aliphatic carbocycles. The van der Waals surface area contributed by atoms with Gasteiger partial charge >= 0.3 is 11.9 Å². The molecule has 1 aromatic carbocycles. The van der Waals surface area contributed by atoms with E-state index in [-0.39, 0.29) is 24.5 Å². The Bertz CT molecular complexity index is 734. The minimum Gasteiger partial charge on any atom is -0.508 e. The number of carbonyl (C=O) groups excluding carboxylic acids is 2. The maximum atomic E-state index is 12.7. The molecule has 10 heteroatoms. The maximum absolute atomic E-state index is 12.7. The molecule has 0 radical (unpaired) electrons. The number of nitrogens with two attached hydrogens (primary N) is 1. The summed E-state index contributed by atoms with van der Waals surface area (Å²) in [5.74, 6) is -4.08. The van der Waals surface area contributed by atoms with Gasteiger partial charge in [-0.05, 0) is 30.0 Å². The van der Waals surface area contributed by atoms with Gasteiger partial charge < -0.3 is 31.7 Å². The third kappa shape index (κ3) is 8.18. The lowest BCUT2D eigenvalue weighted by Crippen LogP contribution is -2.56. The van der Waals surface area contributed by atoms with Crippen molar-refractivity contribution in [3.8, 4) is 5.75 Å². The van der Waals surface area contributed by atoms with Crippen LogP contribution in [0.4, 0.5) is 0 Å². The number of carboxylic acids is 2. The van der Waals surface area contributed by atoms with Crippen LogP contribution in [0.15, 0.2) is 24.3 Å². The summed E-state index contributed by atoms with van der Waals surface area (Å²) in [5.41, 5.74) is 6.43. The van der Waals surface area contributed by atoms with Crippen molar-refractivity contribution in [3.05, 3.63) is 29.8 Å². The molecule has 0 heterocycles. The number of rotatable bonds is 11. The van der Waals surface area contributed by atoms with Crippen LogP contribution in [-0.4, -0.2) is 57.2 Å². The van der Waals surface area contributed by atoms with Gasteiger partial charge in [-0.1, -0.05) is 26.0 Å². The molecule has 1 rings (SSSR count). The molecule has 0 saturated carbocycles. The molecule has 1 aromatic rings. The van der Waals surface area contributed by atoms with Gasteiger partial charge in [0, 0.05) is 12.8 Å². The Kier molecular flexibility index (Phi) is 9.07. The molecular weight excluding hydrogens is 382 g/mol. The molecule has 3 atom stereocenters. The first kappa shape index (κ1) is 23.9. The van der Waals surface area contributed by atoms with Gasteiger partial charge in [0.2, 0.25) is 11.8 Å². The minimum absolute atomic E-state index is 0.0218. The van der Waals surface area contributed by atoms with Gasteiger partial charge in [-0.3, -0.25) is 14.4 Å². The first-order valence-electron chi connectivity index (χ1n) is 9.10. The third-order valence-corrected chi connectivity index (χ3v) is 4.29. The Labute approximate surface area is 168 Å². The van der Waals surface area contributed by atoms with Gasteiger partial charge in [0.25, 0.3) is 0 Å². The van der Waals surface area contributed by atoms with Crippen LogP contribution in [0.2, 0.25) is 0 Å². The van der Waals surface area contributed by atoms with Gasteiger partial charge in [-0.25, -0.2) is 4.79 Å². The minimum atomic E-state index is -1.42. The van der Waals surface area contributed by atoms with Crippen molar-refractivity contribution in [2.75, 3.05) is 0 Å². The lowest BCUT2D eigenvalue weighted by molar-refractivity contribution is -0.143. The summed E-state index contributed by atoms with van der Waals surface area (Å²) in [6, 6.07) is 2.53. The average molecular weight is 409 g/mol. The van der Waals surface area contributed by atoms with E-state index in [1.807, 2.05) is 0 Å². The van der Waals surface area contributed by atoms with Crippen molar-refractivity contribution in [1.82, 2.24) is 10.6 Å². The van der Waals surface area contributed by atoms with E-state index in [0.29, 0.717) is 5.56 Å². The van der Waals surface area contributed by atoms with E-state index in [4.69, 9.17) is 10.8 Å². The maximum Gasteiger partial charge on any atom is 0.326 e. The molecule has 0 aromatic heterocycles. The van der Waals surface area contributed by atoms with Crippen molar-refractivity contribution in [1.29, 1.82) is 0 Å². The summed E-state index contributed by atoms with van der Waals surface area (Å²) in [6.07, 6.45) is -0.722. The van der Waals surface area contributed by atoms with E-state index in [1.165, 1.54) is 12.1 Å². The summed E-state index contributed by atoms with van der Waals surface area (Å²) in [6.45, 7) is 3.48. The van der Waals surface area contributed by atoms with E-state index in [2.05, 4.69) is 10.6 Å². The number of nitrogens with one attached hydrogen (secondary N) is 2. The molecular formula is C19H27N3O7. The summed E-state index contributed by atoms with van der Waals surface area (Å²) in [5, 5.41) is 32.2. The molecule has 0 spiro atoms. The van der Waals surface area contributed by atoms with Crippen LogP contribution in [0.1, 0.15) is 32.3 Å². The zero-order valence-corrected chi connectivity index (χ0v) is 16.3. The van der Waals surface area contributed by atoms with Crippen LogP contribution in [0, 0.1) is 5.92 Å². The van der Waals surface area contributed by atoms with Gasteiger partial charge in [0.15, 0.2) is 0 Å². The van der Waals surface area contributed by atoms with Crippen LogP contribution in [0.5, 0.6) is 5.75 Å². The number of carboxylic acid groups (broad SMARTS) is 2. The topological polar surface area (TPSA) is 179 Å². The zero-order chi connectivity index (χ0) is 22.1. The Hall–Kier alpha value is -3.14. The highest BCUT2D eigenvalue weighted by molar-refractivity contribution is 5.92. The third-order valence-electron chi connectivity index (χ3n) is 4.29. The number of aromatic hydroxyl groups is 1. The molecule has 0 saturated heterocycles. The van der Waals surface area contributed by atoms with E-state index in [0.717, 1.165) is 0 Å². The average Bonchev–Trinajstić information content (AvgIpc) is 2.64. The molecule has 0 fully saturated rings. The van der Waals surface area contributed by atoms with Gasteiger partial charge in [-0.2, -0.15) is 0 Å². The molecule has 0 bridgehead atoms. The molecule has 0 unspecified atom stereocenters. The number of benzene rings is 1. The number of hydrogen-bond acceptors (Lipinski definition) is 6. The van der Waals surface area contributed by atoms with E-state index in [1.54, 1.807) is 26.0 Å². The number of amides is 2. The van der Waals surface area contributed by atoms with E-state index >= 15 is 0 Å². The number of phenols is 1. The first-order chi connectivity index (χ1) is 13.5. The predicted octanol–water partition coefficient (Wildman–Crippen LogP) is -0.163. The standard InChI is InChI=1S/C19H27N3O7/c1-10(2)16(20)18(27)22-14(9-11-3-5-12(23)6-4-11)17(26)21-13(19(28)29)7-8-15(24)25/h3-6,10,13-14,16,23H,7-9,20H2,1-2H3,(H,21,26)(H,22,27)(H,24,25)(H,28,29)/t13-,14-,16-/m0/s1. The summed E-state index contributed by atoms with van der Waals surface area (Å²) >= 11 is 0. The van der Waals surface area contributed by atoms with Crippen molar-refractivity contribution in [2.45, 2.75) is 51.2 Å². The summed E-state index contributed by atoms with van der Waals surface area (Å²) < 4.78 is 0. The molecule has 160 valence electrons. The van der Waals surface area contributed by atoms with Crippen LogP contribution >= 0.6 is 0 Å². The van der Waals surface area contributed by atoms with Crippen LogP contribution in [-0.2, 0) is 25.6 Å². The molecule has 2 amide bonds. The van der Waals surface area contributed by atoms with Crippen LogP contribution < -0.4 is 16.4 Å². The molecule has 0 aliphatic rings. The Morgan fingerprint density at radius 2 is 1.52 bits per heavy atom. The van der Waals surface area contributed by atoms with Crippen molar-refractivity contribution >= 4 is 23.8 Å². The largest absolute Gasteiger partial charge is 0.508 e. The molecule has 0 aliphatic heterocycles. The second kappa shape index (κ2) is 11.0. The normalized spacial score (nSPS) is 13.9. The van der Waals surface area contributed by atoms with Crippen molar-refractivity contribution in [2.24, 2.45) is 11.7 Å². The fraction of sp³-hybridized carbons (Fsp3) is 0.474. The van der Waals surface area contributed by atoms with Crippen LogP contribution in [0.25, 0.3) is 0 Å². The van der Waals surface area contributed by atoms with Crippen molar-refractivity contribution < 1.29 is 34.5 Å². The number of aliphatic carboxylic acids is 2. The fourth-order valence-corrected chi connectivity index (χ4v) is 2.45. The lowest BCUT2D eigenvalue weighted by Gasteiger charge is -2.24. The highest BCUT2D eigenvalue weighted by Gasteiger charge is 2.29. The van der Waals surface area contributed by atoms with Gasteiger partial charge in [0.1, 0.15) is 17.8 Å². The molecule has 10 nitrogen and oxygen atoms in total. The second-order valence-electron chi connectivity index (χ2n) is 7.03. The second-order valence-corrected chi connectivity index (χ2v) is 7.03. The quantitative estimate of drug-likeness (QED) is 0.292. The Morgan fingerprint density at radius 3 is 2.00 bits per heavy atom. The Morgan fingerprint density at radius 1 is 0.966 bits per heavy atom. The van der Waals surface area contributed by atoms with E-state index in [9.17, 15) is 29.4 Å². The summed E-state index contributed by atoms with van der Waals surface area (Å²) in [7, 11) is 0. The fourth-order valence-electron chi connectivity index (χ4n) is 2.45. The predicted molar refractivity (Wildman–Crippen MR) is 103 cm³/mol. The summed E-state index contributed by atoms with van der Waals surface area (Å²) in [4.78, 5) is 47.0. The number of phenolic OH excluding ortho intramolecular Hbond substituents is 1.